The number of benzene rings is 1. The molecular formula is C20H18F3NO5. The summed E-state index contributed by atoms with van der Waals surface area (Å²) in [6.07, 6.45) is 2.12. The Morgan fingerprint density at radius 3 is 2.55 bits per heavy atom. The molecule has 0 unspecified atom stereocenters. The largest absolute Gasteiger partial charge is 0.481 e. The van der Waals surface area contributed by atoms with Crippen molar-refractivity contribution in [3.05, 3.63) is 39.5 Å². The van der Waals surface area contributed by atoms with Crippen LogP contribution in [-0.2, 0) is 27.4 Å². The van der Waals surface area contributed by atoms with E-state index in [9.17, 15) is 27.6 Å². The Hall–Kier alpha value is -3.28. The fourth-order valence-electron chi connectivity index (χ4n) is 3.01. The molecular weight excluding hydrogens is 391 g/mol. The molecule has 9 heteroatoms. The summed E-state index contributed by atoms with van der Waals surface area (Å²) in [5, 5.41) is 10.5. The summed E-state index contributed by atoms with van der Waals surface area (Å²) in [5.74, 6) is -1.66. The van der Waals surface area contributed by atoms with Gasteiger partial charge in [0.25, 0.3) is 0 Å². The molecule has 1 heterocycles. The van der Waals surface area contributed by atoms with Crippen LogP contribution >= 0.6 is 0 Å². The van der Waals surface area contributed by atoms with E-state index in [1.165, 1.54) is 0 Å². The number of hydrogen-bond donors (Lipinski definition) is 2. The van der Waals surface area contributed by atoms with Crippen LogP contribution in [0.5, 0.6) is 0 Å². The number of cyclic esters (lactones) is 1. The first-order valence-corrected chi connectivity index (χ1v) is 8.55. The molecule has 1 aromatic carbocycles. The summed E-state index contributed by atoms with van der Waals surface area (Å²) < 4.78 is 43.4. The van der Waals surface area contributed by atoms with Gasteiger partial charge in [-0.15, -0.1) is 6.42 Å². The normalized spacial score (nSPS) is 13.5. The predicted octanol–water partition coefficient (Wildman–Crippen LogP) is 3.50. The fraction of sp³-hybridized carbons (Fsp3) is 0.350. The second-order valence-electron chi connectivity index (χ2n) is 6.53. The zero-order chi connectivity index (χ0) is 21.9. The molecule has 1 aromatic rings. The monoisotopic (exact) mass is 409 g/mol. The molecule has 0 aliphatic carbocycles. The highest BCUT2D eigenvalue weighted by molar-refractivity contribution is 6.06. The van der Waals surface area contributed by atoms with Crippen molar-refractivity contribution in [2.24, 2.45) is 0 Å². The standard InChI is InChI=1S/C20H18F3NO5/c1-4-12-11(3)14-9-29-18(27)16(14)17(24-19(28)20(21,22)23)13(12)7-5-10(2)6-8-15(25)26/h1,5H,6-9H2,2-3H3,(H,24,28)(H,25,26)/b10-5+. The highest BCUT2D eigenvalue weighted by atomic mass is 19.4. The summed E-state index contributed by atoms with van der Waals surface area (Å²) in [6, 6.07) is 0. The Kier molecular flexibility index (Phi) is 6.37. The smallest absolute Gasteiger partial charge is 0.471 e. The Morgan fingerprint density at radius 2 is 2.00 bits per heavy atom. The minimum atomic E-state index is -5.17. The van der Waals surface area contributed by atoms with Crippen LogP contribution in [0, 0.1) is 19.3 Å². The Balaban J connectivity index is 2.59. The lowest BCUT2D eigenvalue weighted by molar-refractivity contribution is -0.167. The van der Waals surface area contributed by atoms with Gasteiger partial charge in [0.15, 0.2) is 0 Å². The molecule has 6 nitrogen and oxygen atoms in total. The Labute approximate surface area is 164 Å². The minimum Gasteiger partial charge on any atom is -0.481 e. The molecule has 0 saturated carbocycles. The van der Waals surface area contributed by atoms with Crippen molar-refractivity contribution in [1.82, 2.24) is 0 Å². The molecule has 0 fully saturated rings. The zero-order valence-corrected chi connectivity index (χ0v) is 15.7. The maximum atomic E-state index is 12.8. The summed E-state index contributed by atoms with van der Waals surface area (Å²) in [7, 11) is 0. The van der Waals surface area contributed by atoms with E-state index in [4.69, 9.17) is 16.3 Å². The predicted molar refractivity (Wildman–Crippen MR) is 97.2 cm³/mol. The molecule has 2 rings (SSSR count). The Morgan fingerprint density at radius 1 is 1.34 bits per heavy atom. The van der Waals surface area contributed by atoms with Crippen LogP contribution in [0.15, 0.2) is 11.6 Å². The topological polar surface area (TPSA) is 92.7 Å². The molecule has 1 aliphatic heterocycles. The lowest BCUT2D eigenvalue weighted by Gasteiger charge is -2.18. The minimum absolute atomic E-state index is 0.000143. The number of carboxylic acid groups (broad SMARTS) is 1. The summed E-state index contributed by atoms with van der Waals surface area (Å²) in [5.41, 5.74) is 1.44. The van der Waals surface area contributed by atoms with Crippen LogP contribution in [-0.4, -0.2) is 29.1 Å². The van der Waals surface area contributed by atoms with E-state index in [2.05, 4.69) is 5.92 Å². The first kappa shape index (κ1) is 22.0. The number of carboxylic acids is 1. The average molecular weight is 409 g/mol. The van der Waals surface area contributed by atoms with Crippen LogP contribution in [0.4, 0.5) is 18.9 Å². The summed E-state index contributed by atoms with van der Waals surface area (Å²) in [6.45, 7) is 3.13. The van der Waals surface area contributed by atoms with Gasteiger partial charge in [0.1, 0.15) is 6.61 Å². The quantitative estimate of drug-likeness (QED) is 0.426. The number of halogens is 3. The third-order valence-corrected chi connectivity index (χ3v) is 4.56. The maximum Gasteiger partial charge on any atom is 0.471 e. The van der Waals surface area contributed by atoms with Crippen molar-refractivity contribution in [1.29, 1.82) is 0 Å². The van der Waals surface area contributed by atoms with Gasteiger partial charge in [0, 0.05) is 17.5 Å². The number of carbonyl (C=O) groups excluding carboxylic acids is 2. The third kappa shape index (κ3) is 4.77. The van der Waals surface area contributed by atoms with E-state index in [1.807, 2.05) is 0 Å². The lowest BCUT2D eigenvalue weighted by Crippen LogP contribution is -2.31. The number of alkyl halides is 3. The number of hydrogen-bond acceptors (Lipinski definition) is 4. The number of anilines is 1. The van der Waals surface area contributed by atoms with Gasteiger partial charge in [-0.3, -0.25) is 9.59 Å². The van der Waals surface area contributed by atoms with E-state index < -0.39 is 24.0 Å². The number of rotatable bonds is 6. The van der Waals surface area contributed by atoms with E-state index in [1.54, 1.807) is 25.2 Å². The SMILES string of the molecule is C#Cc1c(C)c2c(c(NC(=O)C(F)(F)F)c1C/C=C(\C)CCC(=O)O)C(=O)OC2. The molecule has 0 bridgehead atoms. The van der Waals surface area contributed by atoms with Gasteiger partial charge in [0.05, 0.1) is 11.3 Å². The molecule has 29 heavy (non-hydrogen) atoms. The number of ether oxygens (including phenoxy) is 1. The molecule has 0 saturated heterocycles. The van der Waals surface area contributed by atoms with Crippen molar-refractivity contribution in [3.63, 3.8) is 0 Å². The van der Waals surface area contributed by atoms with E-state index in [0.29, 0.717) is 16.7 Å². The van der Waals surface area contributed by atoms with Crippen molar-refractivity contribution in [2.75, 3.05) is 5.32 Å². The molecule has 1 aliphatic rings. The second-order valence-corrected chi connectivity index (χ2v) is 6.53. The number of nitrogens with one attached hydrogen (secondary N) is 1. The second kappa shape index (κ2) is 8.39. The number of allylic oxidation sites excluding steroid dienone is 2. The molecule has 154 valence electrons. The van der Waals surface area contributed by atoms with Gasteiger partial charge < -0.3 is 15.2 Å². The van der Waals surface area contributed by atoms with Gasteiger partial charge in [-0.25, -0.2) is 4.79 Å². The van der Waals surface area contributed by atoms with E-state index in [0.717, 1.165) is 0 Å². The molecule has 0 radical (unpaired) electrons. The van der Waals surface area contributed by atoms with Gasteiger partial charge in [-0.2, -0.15) is 13.2 Å². The lowest BCUT2D eigenvalue weighted by atomic mass is 9.89. The molecule has 0 aromatic heterocycles. The number of carbonyl (C=O) groups is 3. The van der Waals surface area contributed by atoms with Crippen molar-refractivity contribution < 1.29 is 37.4 Å². The maximum absolute atomic E-state index is 12.8. The zero-order valence-electron chi connectivity index (χ0n) is 15.7. The Bertz CT molecular complexity index is 955. The van der Waals surface area contributed by atoms with Crippen molar-refractivity contribution >= 4 is 23.5 Å². The van der Waals surface area contributed by atoms with E-state index in [-0.39, 0.29) is 48.2 Å². The highest BCUT2D eigenvalue weighted by Crippen LogP contribution is 2.38. The fourth-order valence-corrected chi connectivity index (χ4v) is 3.01. The summed E-state index contributed by atoms with van der Waals surface area (Å²) >= 11 is 0. The third-order valence-electron chi connectivity index (χ3n) is 4.56. The first-order chi connectivity index (χ1) is 13.5. The molecule has 0 atom stereocenters. The van der Waals surface area contributed by atoms with Crippen LogP contribution in [0.1, 0.15) is 52.4 Å². The number of fused-ring (bicyclic) bond motifs is 1. The molecule has 2 N–H and O–H groups in total. The average Bonchev–Trinajstić information content (AvgIpc) is 3.01. The van der Waals surface area contributed by atoms with E-state index >= 15 is 0 Å². The van der Waals surface area contributed by atoms with Gasteiger partial charge in [-0.1, -0.05) is 17.6 Å². The van der Waals surface area contributed by atoms with Crippen LogP contribution < -0.4 is 5.32 Å². The van der Waals surface area contributed by atoms with Gasteiger partial charge >= 0.3 is 24.0 Å². The molecule has 1 amide bonds. The number of terminal acetylenes is 1. The van der Waals surface area contributed by atoms with Crippen LogP contribution in [0.3, 0.4) is 0 Å². The van der Waals surface area contributed by atoms with Crippen LogP contribution in [0.2, 0.25) is 0 Å². The number of aliphatic carboxylic acids is 1. The highest BCUT2D eigenvalue weighted by Gasteiger charge is 2.41. The van der Waals surface area contributed by atoms with Crippen LogP contribution in [0.25, 0.3) is 0 Å². The van der Waals surface area contributed by atoms with Gasteiger partial charge in [-0.05, 0) is 37.8 Å². The van der Waals surface area contributed by atoms with Crippen molar-refractivity contribution in [2.45, 2.75) is 45.9 Å². The number of amides is 1. The first-order valence-electron chi connectivity index (χ1n) is 8.55. The molecule has 0 spiro atoms. The number of esters is 1. The van der Waals surface area contributed by atoms with Crippen molar-refractivity contribution in [3.8, 4) is 12.3 Å². The van der Waals surface area contributed by atoms with Gasteiger partial charge in [0.2, 0.25) is 0 Å². The summed E-state index contributed by atoms with van der Waals surface area (Å²) in [4.78, 5) is 34.4.